The highest BCUT2D eigenvalue weighted by Gasteiger charge is 2.14. The Morgan fingerprint density at radius 3 is 2.89 bits per heavy atom. The van der Waals surface area contributed by atoms with Gasteiger partial charge in [-0.3, -0.25) is 4.79 Å². The number of unbranched alkanes of at least 4 members (excludes halogenated alkanes) is 2. The fourth-order valence-electron chi connectivity index (χ4n) is 2.48. The maximum atomic E-state index is 11.8. The SMILES string of the molecule is O=C(CCCCCc1cccs1)NC1CCNCC1. The van der Waals surface area contributed by atoms with Crippen LogP contribution in [0.4, 0.5) is 0 Å². The van der Waals surface area contributed by atoms with E-state index in [0.717, 1.165) is 45.2 Å². The summed E-state index contributed by atoms with van der Waals surface area (Å²) in [6.45, 7) is 2.07. The largest absolute Gasteiger partial charge is 0.353 e. The van der Waals surface area contributed by atoms with Crippen LogP contribution in [0.1, 0.15) is 43.4 Å². The third-order valence-electron chi connectivity index (χ3n) is 3.61. The number of nitrogens with one attached hydrogen (secondary N) is 2. The second-order valence-electron chi connectivity index (χ2n) is 5.23. The van der Waals surface area contributed by atoms with Gasteiger partial charge in [0.15, 0.2) is 0 Å². The van der Waals surface area contributed by atoms with Crippen LogP contribution < -0.4 is 10.6 Å². The van der Waals surface area contributed by atoms with Crippen LogP contribution >= 0.6 is 11.3 Å². The molecule has 2 N–H and O–H groups in total. The van der Waals surface area contributed by atoms with Gasteiger partial charge < -0.3 is 10.6 Å². The predicted molar refractivity (Wildman–Crippen MR) is 80.5 cm³/mol. The van der Waals surface area contributed by atoms with E-state index in [1.807, 2.05) is 11.3 Å². The van der Waals surface area contributed by atoms with E-state index in [1.54, 1.807) is 0 Å². The van der Waals surface area contributed by atoms with E-state index >= 15 is 0 Å². The number of carbonyl (C=O) groups excluding carboxylic acids is 1. The molecule has 0 aromatic carbocycles. The summed E-state index contributed by atoms with van der Waals surface area (Å²) in [7, 11) is 0. The fraction of sp³-hybridized carbons (Fsp3) is 0.667. The van der Waals surface area contributed by atoms with Crippen LogP contribution in [0.5, 0.6) is 0 Å². The maximum absolute atomic E-state index is 11.8. The highest BCUT2D eigenvalue weighted by Crippen LogP contribution is 2.13. The van der Waals surface area contributed by atoms with E-state index in [9.17, 15) is 4.79 Å². The summed E-state index contributed by atoms with van der Waals surface area (Å²) < 4.78 is 0. The van der Waals surface area contributed by atoms with Crippen molar-refractivity contribution < 1.29 is 4.79 Å². The lowest BCUT2D eigenvalue weighted by atomic mass is 10.1. The third kappa shape index (κ3) is 5.74. The summed E-state index contributed by atoms with van der Waals surface area (Å²) in [5.74, 6) is 0.239. The number of piperidine rings is 1. The number of carbonyl (C=O) groups is 1. The minimum absolute atomic E-state index is 0.239. The zero-order valence-corrected chi connectivity index (χ0v) is 12.3. The molecular weight excluding hydrogens is 256 g/mol. The Kier molecular flexibility index (Phi) is 6.37. The van der Waals surface area contributed by atoms with Crippen LogP contribution in [0, 0.1) is 0 Å². The number of hydrogen-bond acceptors (Lipinski definition) is 3. The highest BCUT2D eigenvalue weighted by atomic mass is 32.1. The molecule has 0 radical (unpaired) electrons. The highest BCUT2D eigenvalue weighted by molar-refractivity contribution is 7.09. The van der Waals surface area contributed by atoms with Crippen LogP contribution in [0.15, 0.2) is 17.5 Å². The Balaban J connectivity index is 1.49. The average molecular weight is 280 g/mol. The maximum Gasteiger partial charge on any atom is 0.220 e. The zero-order chi connectivity index (χ0) is 13.3. The Labute approximate surface area is 119 Å². The Hall–Kier alpha value is -0.870. The Morgan fingerprint density at radius 2 is 2.16 bits per heavy atom. The van der Waals surface area contributed by atoms with Crippen molar-refractivity contribution in [3.8, 4) is 0 Å². The molecule has 106 valence electrons. The van der Waals surface area contributed by atoms with Crippen LogP contribution in [-0.2, 0) is 11.2 Å². The van der Waals surface area contributed by atoms with Gasteiger partial charge in [0, 0.05) is 17.3 Å². The topological polar surface area (TPSA) is 41.1 Å². The molecule has 0 unspecified atom stereocenters. The molecule has 1 aromatic rings. The molecule has 0 bridgehead atoms. The van der Waals surface area contributed by atoms with Crippen LogP contribution in [0.3, 0.4) is 0 Å². The van der Waals surface area contributed by atoms with Crippen molar-refractivity contribution in [2.75, 3.05) is 13.1 Å². The molecule has 4 heteroatoms. The molecule has 19 heavy (non-hydrogen) atoms. The van der Waals surface area contributed by atoms with Gasteiger partial charge in [-0.1, -0.05) is 12.5 Å². The minimum atomic E-state index is 0.239. The molecular formula is C15H24N2OS. The van der Waals surface area contributed by atoms with Crippen molar-refractivity contribution in [2.45, 2.75) is 51.0 Å². The zero-order valence-electron chi connectivity index (χ0n) is 11.5. The van der Waals surface area contributed by atoms with Crippen molar-refractivity contribution in [3.63, 3.8) is 0 Å². The van der Waals surface area contributed by atoms with Gasteiger partial charge in [0.1, 0.15) is 0 Å². The van der Waals surface area contributed by atoms with Crippen molar-refractivity contribution in [1.29, 1.82) is 0 Å². The van der Waals surface area contributed by atoms with E-state index in [2.05, 4.69) is 28.1 Å². The molecule has 0 aliphatic carbocycles. The number of aryl methyl sites for hydroxylation is 1. The van der Waals surface area contributed by atoms with Gasteiger partial charge in [0.2, 0.25) is 5.91 Å². The molecule has 2 heterocycles. The van der Waals surface area contributed by atoms with Gasteiger partial charge in [-0.05, 0) is 56.6 Å². The molecule has 1 aliphatic heterocycles. The monoisotopic (exact) mass is 280 g/mol. The lowest BCUT2D eigenvalue weighted by Gasteiger charge is -2.23. The number of rotatable bonds is 7. The molecule has 1 saturated heterocycles. The molecule has 0 spiro atoms. The molecule has 2 rings (SSSR count). The first-order chi connectivity index (χ1) is 9.34. The van der Waals surface area contributed by atoms with Gasteiger partial charge in [-0.15, -0.1) is 11.3 Å². The van der Waals surface area contributed by atoms with E-state index in [1.165, 1.54) is 11.3 Å². The third-order valence-corrected chi connectivity index (χ3v) is 4.55. The van der Waals surface area contributed by atoms with Gasteiger partial charge in [0.25, 0.3) is 0 Å². The average Bonchev–Trinajstić information content (AvgIpc) is 2.92. The lowest BCUT2D eigenvalue weighted by molar-refractivity contribution is -0.122. The van der Waals surface area contributed by atoms with Gasteiger partial charge in [0.05, 0.1) is 0 Å². The summed E-state index contributed by atoms with van der Waals surface area (Å²) in [6, 6.07) is 4.70. The van der Waals surface area contributed by atoms with Crippen molar-refractivity contribution in [2.24, 2.45) is 0 Å². The lowest BCUT2D eigenvalue weighted by Crippen LogP contribution is -2.42. The van der Waals surface area contributed by atoms with E-state index in [0.29, 0.717) is 12.5 Å². The van der Waals surface area contributed by atoms with Crippen LogP contribution in [-0.4, -0.2) is 25.0 Å². The van der Waals surface area contributed by atoms with Crippen LogP contribution in [0.25, 0.3) is 0 Å². The quantitative estimate of drug-likeness (QED) is 0.754. The van der Waals surface area contributed by atoms with Gasteiger partial charge in [-0.2, -0.15) is 0 Å². The molecule has 0 saturated carbocycles. The normalized spacial score (nSPS) is 16.4. The molecule has 0 atom stereocenters. The molecule has 1 aromatic heterocycles. The summed E-state index contributed by atoms with van der Waals surface area (Å²) in [5.41, 5.74) is 0. The van der Waals surface area contributed by atoms with Gasteiger partial charge in [-0.25, -0.2) is 0 Å². The van der Waals surface area contributed by atoms with Crippen molar-refractivity contribution >= 4 is 17.2 Å². The number of hydrogen-bond donors (Lipinski definition) is 2. The number of amides is 1. The Bertz CT molecular complexity index is 358. The summed E-state index contributed by atoms with van der Waals surface area (Å²) in [6.07, 6.45) is 7.36. The smallest absolute Gasteiger partial charge is 0.220 e. The van der Waals surface area contributed by atoms with E-state index < -0.39 is 0 Å². The van der Waals surface area contributed by atoms with Gasteiger partial charge >= 0.3 is 0 Å². The van der Waals surface area contributed by atoms with E-state index in [-0.39, 0.29) is 5.91 Å². The first kappa shape index (κ1) is 14.5. The van der Waals surface area contributed by atoms with E-state index in [4.69, 9.17) is 0 Å². The number of thiophene rings is 1. The van der Waals surface area contributed by atoms with Crippen molar-refractivity contribution in [3.05, 3.63) is 22.4 Å². The molecule has 1 amide bonds. The summed E-state index contributed by atoms with van der Waals surface area (Å²) >= 11 is 1.83. The van der Waals surface area contributed by atoms with Crippen LogP contribution in [0.2, 0.25) is 0 Å². The minimum Gasteiger partial charge on any atom is -0.353 e. The predicted octanol–water partition coefficient (Wildman–Crippen LogP) is 2.72. The fourth-order valence-corrected chi connectivity index (χ4v) is 3.23. The summed E-state index contributed by atoms with van der Waals surface area (Å²) in [4.78, 5) is 13.2. The second-order valence-corrected chi connectivity index (χ2v) is 6.26. The molecule has 1 aliphatic rings. The Morgan fingerprint density at radius 1 is 1.32 bits per heavy atom. The first-order valence-corrected chi connectivity index (χ1v) is 8.25. The second kappa shape index (κ2) is 8.33. The molecule has 1 fully saturated rings. The standard InChI is InChI=1S/C15H24N2OS/c18-15(17-13-8-10-16-11-9-13)7-3-1-2-5-14-6-4-12-19-14/h4,6,12-13,16H,1-3,5,7-11H2,(H,17,18). The molecule has 3 nitrogen and oxygen atoms in total. The summed E-state index contributed by atoms with van der Waals surface area (Å²) in [5, 5.41) is 8.58. The van der Waals surface area contributed by atoms with Crippen molar-refractivity contribution in [1.82, 2.24) is 10.6 Å². The first-order valence-electron chi connectivity index (χ1n) is 7.37.